The summed E-state index contributed by atoms with van der Waals surface area (Å²) in [6.07, 6.45) is 4.87. The van der Waals surface area contributed by atoms with Crippen molar-refractivity contribution in [2.45, 2.75) is 45.6 Å². The quantitative estimate of drug-likeness (QED) is 0.467. The highest BCUT2D eigenvalue weighted by molar-refractivity contribution is 6.33. The molecule has 1 spiro atoms. The number of benzene rings is 1. The first-order valence-electron chi connectivity index (χ1n) is 12.5. The van der Waals surface area contributed by atoms with Crippen molar-refractivity contribution >= 4 is 23.7 Å². The Balaban J connectivity index is 1.56. The molecule has 2 aromatic heterocycles. The van der Waals surface area contributed by atoms with Crippen LogP contribution in [0.5, 0.6) is 0 Å². The molecule has 0 saturated carbocycles. The van der Waals surface area contributed by atoms with Crippen molar-refractivity contribution in [2.24, 2.45) is 5.41 Å². The number of carbonyl (C=O) groups is 1. The summed E-state index contributed by atoms with van der Waals surface area (Å²) < 4.78 is 2.26. The molecule has 2 aliphatic heterocycles. The van der Waals surface area contributed by atoms with Gasteiger partial charge in [-0.25, -0.2) is 4.98 Å². The number of fused-ring (bicyclic) bond motifs is 1. The van der Waals surface area contributed by atoms with Crippen molar-refractivity contribution in [1.29, 1.82) is 0 Å². The molecule has 0 bridgehead atoms. The van der Waals surface area contributed by atoms with Crippen molar-refractivity contribution in [3.05, 3.63) is 70.6 Å². The maximum absolute atomic E-state index is 12.6. The lowest BCUT2D eigenvalue weighted by Gasteiger charge is -2.50. The van der Waals surface area contributed by atoms with Crippen LogP contribution in [-0.2, 0) is 24.5 Å². The average molecular weight is 508 g/mol. The molecule has 2 N–H and O–H groups in total. The zero-order valence-corrected chi connectivity index (χ0v) is 21.9. The Morgan fingerprint density at radius 1 is 1.19 bits per heavy atom. The van der Waals surface area contributed by atoms with Gasteiger partial charge in [0.25, 0.3) is 0 Å². The monoisotopic (exact) mass is 507 g/mol. The summed E-state index contributed by atoms with van der Waals surface area (Å²) >= 11 is 6.61. The molecule has 190 valence electrons. The van der Waals surface area contributed by atoms with Crippen LogP contribution in [0, 0.1) is 5.41 Å². The molecular formula is C28H34ClN5O2. The fourth-order valence-corrected chi connectivity index (χ4v) is 6.13. The van der Waals surface area contributed by atoms with E-state index in [0.717, 1.165) is 66.2 Å². The fraction of sp³-hybridized carbons (Fsp3) is 0.429. The first kappa shape index (κ1) is 25.0. The number of halogens is 1. The molecule has 1 fully saturated rings. The highest BCUT2D eigenvalue weighted by atomic mass is 35.5. The third kappa shape index (κ3) is 4.81. The zero-order chi connectivity index (χ0) is 25.4. The number of rotatable bonds is 7. The molecule has 0 radical (unpaired) electrons. The van der Waals surface area contributed by atoms with E-state index < -0.39 is 6.04 Å². The van der Waals surface area contributed by atoms with E-state index in [1.54, 1.807) is 6.20 Å². The lowest BCUT2D eigenvalue weighted by Crippen LogP contribution is -2.60. The summed E-state index contributed by atoms with van der Waals surface area (Å²) in [4.78, 5) is 21.7. The molecule has 1 atom stereocenters. The molecule has 3 aromatic rings. The van der Waals surface area contributed by atoms with Crippen molar-refractivity contribution < 1.29 is 9.90 Å². The molecule has 0 amide bonds. The number of carbonyl (C=O) groups excluding carboxylic acids is 1. The van der Waals surface area contributed by atoms with Crippen molar-refractivity contribution in [1.82, 2.24) is 19.4 Å². The fourth-order valence-electron chi connectivity index (χ4n) is 5.92. The highest BCUT2D eigenvalue weighted by Gasteiger charge is 2.46. The Kier molecular flexibility index (Phi) is 6.92. The van der Waals surface area contributed by atoms with Crippen LogP contribution in [0.1, 0.15) is 36.7 Å². The maximum atomic E-state index is 12.6. The smallest absolute Gasteiger partial charge is 0.143 e. The lowest BCUT2D eigenvalue weighted by atomic mass is 9.79. The molecular weight excluding hydrogens is 474 g/mol. The van der Waals surface area contributed by atoms with Gasteiger partial charge in [-0.2, -0.15) is 0 Å². The van der Waals surface area contributed by atoms with Crippen LogP contribution in [-0.4, -0.2) is 63.5 Å². The van der Waals surface area contributed by atoms with Crippen molar-refractivity contribution in [2.75, 3.05) is 32.0 Å². The van der Waals surface area contributed by atoms with Gasteiger partial charge in [0.2, 0.25) is 0 Å². The van der Waals surface area contributed by atoms with Crippen molar-refractivity contribution in [3.63, 3.8) is 0 Å². The Bertz CT molecular complexity index is 1250. The minimum atomic E-state index is -0.398. The predicted molar refractivity (Wildman–Crippen MR) is 143 cm³/mol. The number of aromatic nitrogens is 2. The third-order valence-corrected chi connectivity index (χ3v) is 7.58. The van der Waals surface area contributed by atoms with Gasteiger partial charge in [0.15, 0.2) is 0 Å². The summed E-state index contributed by atoms with van der Waals surface area (Å²) in [6, 6.07) is 11.9. The normalized spacial score (nSPS) is 19.7. The maximum Gasteiger partial charge on any atom is 0.143 e. The second-order valence-electron chi connectivity index (χ2n) is 10.7. The van der Waals surface area contributed by atoms with E-state index in [1.165, 1.54) is 0 Å². The molecule has 1 saturated heterocycles. The number of pyridine rings is 1. The number of anilines is 1. The number of hydrogen-bond donors (Lipinski definition) is 2. The molecule has 0 aliphatic carbocycles. The van der Waals surface area contributed by atoms with Gasteiger partial charge in [-0.15, -0.1) is 0 Å². The minimum Gasteiger partial charge on any atom is -0.392 e. The topological polar surface area (TPSA) is 73.6 Å². The standard InChI is InChI=1S/C28H34ClN5O2/c1-19(2)31-27-9-23(24(29)10-30-27)22-8-25-26(14-36)34(11-20-6-4-5-7-21(20)13-35)18-28(15-32(3)16-28)17-33(25)12-22/h4-10,12,14,19,26,35H,11,13,15-18H2,1-3H3,(H,30,31). The molecule has 4 heterocycles. The number of hydrogen-bond acceptors (Lipinski definition) is 6. The average Bonchev–Trinajstić information content (AvgIpc) is 3.17. The first-order valence-corrected chi connectivity index (χ1v) is 12.9. The Morgan fingerprint density at radius 3 is 2.61 bits per heavy atom. The van der Waals surface area contributed by atoms with E-state index in [-0.39, 0.29) is 18.1 Å². The van der Waals surface area contributed by atoms with Crippen LogP contribution in [0.15, 0.2) is 48.8 Å². The van der Waals surface area contributed by atoms with Gasteiger partial charge in [0, 0.05) is 73.4 Å². The molecule has 7 nitrogen and oxygen atoms in total. The molecule has 2 aliphatic rings. The van der Waals surface area contributed by atoms with Gasteiger partial charge in [-0.05, 0) is 44.2 Å². The summed E-state index contributed by atoms with van der Waals surface area (Å²) in [6.45, 7) is 8.34. The van der Waals surface area contributed by atoms with Crippen LogP contribution in [0.2, 0.25) is 5.02 Å². The van der Waals surface area contributed by atoms with Crippen LogP contribution < -0.4 is 5.32 Å². The summed E-state index contributed by atoms with van der Waals surface area (Å²) in [5, 5.41) is 13.8. The Morgan fingerprint density at radius 2 is 1.94 bits per heavy atom. The highest BCUT2D eigenvalue weighted by Crippen LogP contribution is 2.42. The van der Waals surface area contributed by atoms with Crippen LogP contribution in [0.3, 0.4) is 0 Å². The number of nitrogens with one attached hydrogen (secondary N) is 1. The number of likely N-dealkylation sites (tertiary alicyclic amines) is 1. The molecule has 36 heavy (non-hydrogen) atoms. The molecule has 1 aromatic carbocycles. The van der Waals surface area contributed by atoms with Crippen LogP contribution in [0.25, 0.3) is 11.1 Å². The largest absolute Gasteiger partial charge is 0.392 e. The van der Waals surface area contributed by atoms with Gasteiger partial charge >= 0.3 is 0 Å². The first-order chi connectivity index (χ1) is 17.3. The van der Waals surface area contributed by atoms with Gasteiger partial charge < -0.3 is 24.7 Å². The minimum absolute atomic E-state index is 0.0164. The van der Waals surface area contributed by atoms with E-state index in [9.17, 15) is 9.90 Å². The van der Waals surface area contributed by atoms with Crippen LogP contribution >= 0.6 is 11.6 Å². The SMILES string of the molecule is CC(C)Nc1cc(-c2cc3n(c2)CC2(CN(C)C2)CN(Cc2ccccc2CO)C3C=O)c(Cl)cn1. The lowest BCUT2D eigenvalue weighted by molar-refractivity contribution is -0.114. The van der Waals surface area contributed by atoms with E-state index in [1.807, 2.05) is 30.3 Å². The van der Waals surface area contributed by atoms with Gasteiger partial charge in [-0.1, -0.05) is 35.9 Å². The van der Waals surface area contributed by atoms with E-state index in [0.29, 0.717) is 11.6 Å². The Labute approximate surface area is 217 Å². The summed E-state index contributed by atoms with van der Waals surface area (Å²) in [7, 11) is 2.14. The van der Waals surface area contributed by atoms with Crippen LogP contribution in [0.4, 0.5) is 5.82 Å². The number of aliphatic hydroxyl groups is 1. The summed E-state index contributed by atoms with van der Waals surface area (Å²) in [5.41, 5.74) is 4.86. The molecule has 5 rings (SSSR count). The van der Waals surface area contributed by atoms with E-state index >= 15 is 0 Å². The number of aliphatic hydroxyl groups excluding tert-OH is 1. The number of nitrogens with zero attached hydrogens (tertiary/aromatic N) is 4. The molecule has 8 heteroatoms. The third-order valence-electron chi connectivity index (χ3n) is 7.28. The van der Waals surface area contributed by atoms with E-state index in [4.69, 9.17) is 11.6 Å². The Hall–Kier alpha value is -2.71. The number of aldehydes is 1. The summed E-state index contributed by atoms with van der Waals surface area (Å²) in [5.74, 6) is 0.775. The van der Waals surface area contributed by atoms with Gasteiger partial charge in [-0.3, -0.25) is 4.90 Å². The molecule has 1 unspecified atom stereocenters. The zero-order valence-electron chi connectivity index (χ0n) is 21.1. The van der Waals surface area contributed by atoms with Crippen molar-refractivity contribution in [3.8, 4) is 11.1 Å². The second-order valence-corrected chi connectivity index (χ2v) is 11.1. The predicted octanol–water partition coefficient (Wildman–Crippen LogP) is 4.20. The van der Waals surface area contributed by atoms with Gasteiger partial charge in [0.1, 0.15) is 18.1 Å². The second kappa shape index (κ2) is 9.98. The van der Waals surface area contributed by atoms with E-state index in [2.05, 4.69) is 57.8 Å². The van der Waals surface area contributed by atoms with Gasteiger partial charge in [0.05, 0.1) is 11.6 Å².